The third kappa shape index (κ3) is 4.49. The zero-order chi connectivity index (χ0) is 16.8. The molecule has 0 aliphatic rings. The molecular weight excluding hydrogens is 284 g/mol. The number of ether oxygens (including phenoxy) is 1. The van der Waals surface area contributed by atoms with Crippen LogP contribution in [-0.4, -0.2) is 12.2 Å². The minimum atomic E-state index is 0.270. The van der Waals surface area contributed by atoms with Crippen LogP contribution in [0.5, 0.6) is 11.5 Å². The number of allylic oxidation sites excluding steroid dienone is 2. The second kappa shape index (κ2) is 7.68. The van der Waals surface area contributed by atoms with E-state index in [-0.39, 0.29) is 5.75 Å². The van der Waals surface area contributed by atoms with Gasteiger partial charge in [-0.1, -0.05) is 48.1 Å². The van der Waals surface area contributed by atoms with Gasteiger partial charge in [0.25, 0.3) is 0 Å². The van der Waals surface area contributed by atoms with Gasteiger partial charge in [-0.3, -0.25) is 0 Å². The molecule has 2 nitrogen and oxygen atoms in total. The van der Waals surface area contributed by atoms with Gasteiger partial charge >= 0.3 is 0 Å². The summed E-state index contributed by atoms with van der Waals surface area (Å²) in [6.07, 6.45) is 6.80. The smallest absolute Gasteiger partial charge is 0.126 e. The van der Waals surface area contributed by atoms with E-state index in [4.69, 9.17) is 4.74 Å². The molecule has 0 aromatic heterocycles. The highest BCUT2D eigenvalue weighted by Gasteiger charge is 2.09. The number of benzene rings is 2. The highest BCUT2D eigenvalue weighted by Crippen LogP contribution is 2.31. The zero-order valence-electron chi connectivity index (χ0n) is 14.3. The van der Waals surface area contributed by atoms with E-state index in [0.717, 1.165) is 11.1 Å². The van der Waals surface area contributed by atoms with Gasteiger partial charge in [0, 0.05) is 5.56 Å². The summed E-state index contributed by atoms with van der Waals surface area (Å²) in [5.41, 5.74) is 5.35. The Kier molecular flexibility index (Phi) is 5.64. The Balaban J connectivity index is 2.33. The Morgan fingerprint density at radius 1 is 1.13 bits per heavy atom. The van der Waals surface area contributed by atoms with E-state index in [1.54, 1.807) is 13.2 Å². The summed E-state index contributed by atoms with van der Waals surface area (Å²) in [5, 5.41) is 10.3. The molecule has 0 atom stereocenters. The lowest BCUT2D eigenvalue weighted by molar-refractivity contribution is 0.401. The second-order valence-corrected chi connectivity index (χ2v) is 5.90. The molecule has 0 spiro atoms. The normalized spacial score (nSPS) is 10.8. The number of methoxy groups -OCH3 is 1. The summed E-state index contributed by atoms with van der Waals surface area (Å²) in [5.74, 6) is 0.984. The van der Waals surface area contributed by atoms with Gasteiger partial charge < -0.3 is 9.84 Å². The first-order valence-electron chi connectivity index (χ1n) is 7.78. The van der Waals surface area contributed by atoms with Crippen LogP contribution in [0.2, 0.25) is 0 Å². The van der Waals surface area contributed by atoms with Crippen LogP contribution in [0.25, 0.3) is 12.2 Å². The summed E-state index contributed by atoms with van der Waals surface area (Å²) in [6.45, 7) is 6.17. The van der Waals surface area contributed by atoms with Gasteiger partial charge in [0.15, 0.2) is 0 Å². The Bertz CT molecular complexity index is 736. The van der Waals surface area contributed by atoms with Crippen LogP contribution in [0.4, 0.5) is 0 Å². The maximum atomic E-state index is 10.3. The molecule has 0 aliphatic heterocycles. The summed E-state index contributed by atoms with van der Waals surface area (Å²) >= 11 is 0. The number of hydrogen-bond acceptors (Lipinski definition) is 2. The van der Waals surface area contributed by atoms with Crippen LogP contribution in [0.15, 0.2) is 48.0 Å². The maximum Gasteiger partial charge on any atom is 0.126 e. The maximum absolute atomic E-state index is 10.3. The molecule has 0 saturated carbocycles. The molecule has 0 unspecified atom stereocenters. The lowest BCUT2D eigenvalue weighted by Gasteiger charge is -2.11. The average molecular weight is 308 g/mol. The van der Waals surface area contributed by atoms with Crippen LogP contribution in [-0.2, 0) is 6.42 Å². The Morgan fingerprint density at radius 3 is 2.52 bits per heavy atom. The van der Waals surface area contributed by atoms with Gasteiger partial charge in [0.1, 0.15) is 11.5 Å². The molecule has 0 radical (unpaired) electrons. The number of aryl methyl sites for hydroxylation is 1. The van der Waals surface area contributed by atoms with Crippen molar-refractivity contribution >= 4 is 12.2 Å². The first-order chi connectivity index (χ1) is 11.0. The topological polar surface area (TPSA) is 29.5 Å². The summed E-state index contributed by atoms with van der Waals surface area (Å²) in [4.78, 5) is 0. The van der Waals surface area contributed by atoms with E-state index in [1.165, 1.54) is 16.7 Å². The molecule has 1 N–H and O–H groups in total. The van der Waals surface area contributed by atoms with Gasteiger partial charge in [-0.05, 0) is 56.0 Å². The Labute approximate surface area is 138 Å². The zero-order valence-corrected chi connectivity index (χ0v) is 14.3. The van der Waals surface area contributed by atoms with Crippen LogP contribution in [0.3, 0.4) is 0 Å². The average Bonchev–Trinajstić information content (AvgIpc) is 2.52. The minimum absolute atomic E-state index is 0.270. The molecule has 0 fully saturated rings. The molecule has 2 aromatic rings. The molecule has 2 heteroatoms. The standard InChI is InChI=1S/C21H24O2/c1-15(2)9-12-19-20(22)13-17(14-21(19)23-4)10-11-18-8-6-5-7-16(18)3/h5-11,13-14,22H,12H2,1-4H3. The van der Waals surface area contributed by atoms with Crippen molar-refractivity contribution in [2.45, 2.75) is 27.2 Å². The highest BCUT2D eigenvalue weighted by molar-refractivity contribution is 5.73. The third-order valence-corrected chi connectivity index (χ3v) is 3.79. The number of rotatable bonds is 5. The van der Waals surface area contributed by atoms with Gasteiger partial charge in [-0.2, -0.15) is 0 Å². The van der Waals surface area contributed by atoms with E-state index in [1.807, 2.05) is 38.1 Å². The van der Waals surface area contributed by atoms with Gasteiger partial charge in [-0.15, -0.1) is 0 Å². The van der Waals surface area contributed by atoms with Crippen LogP contribution < -0.4 is 4.74 Å². The molecule has 120 valence electrons. The highest BCUT2D eigenvalue weighted by atomic mass is 16.5. The monoisotopic (exact) mass is 308 g/mol. The van der Waals surface area contributed by atoms with Crippen LogP contribution in [0, 0.1) is 6.92 Å². The quantitative estimate of drug-likeness (QED) is 0.593. The molecule has 0 saturated heterocycles. The van der Waals surface area contributed by atoms with Crippen molar-refractivity contribution in [1.29, 1.82) is 0 Å². The van der Waals surface area contributed by atoms with Crippen molar-refractivity contribution in [3.63, 3.8) is 0 Å². The van der Waals surface area contributed by atoms with E-state index in [2.05, 4.69) is 31.2 Å². The number of hydrogen-bond donors (Lipinski definition) is 1. The van der Waals surface area contributed by atoms with Gasteiger partial charge in [0.05, 0.1) is 7.11 Å². The molecule has 23 heavy (non-hydrogen) atoms. The predicted molar refractivity (Wildman–Crippen MR) is 97.9 cm³/mol. The first-order valence-corrected chi connectivity index (χ1v) is 7.78. The Hall–Kier alpha value is -2.48. The predicted octanol–water partition coefficient (Wildman–Crippen LogP) is 5.39. The largest absolute Gasteiger partial charge is 0.507 e. The van der Waals surface area contributed by atoms with Crippen molar-refractivity contribution in [2.75, 3.05) is 7.11 Å². The molecule has 2 aromatic carbocycles. The summed E-state index contributed by atoms with van der Waals surface area (Å²) in [6, 6.07) is 12.0. The van der Waals surface area contributed by atoms with Crippen molar-refractivity contribution < 1.29 is 9.84 Å². The minimum Gasteiger partial charge on any atom is -0.507 e. The molecule has 0 heterocycles. The van der Waals surface area contributed by atoms with E-state index >= 15 is 0 Å². The fraction of sp³-hybridized carbons (Fsp3) is 0.238. The van der Waals surface area contributed by atoms with E-state index in [0.29, 0.717) is 12.2 Å². The lowest BCUT2D eigenvalue weighted by Crippen LogP contribution is -1.93. The fourth-order valence-electron chi connectivity index (χ4n) is 2.40. The first kappa shape index (κ1) is 16.9. The Morgan fingerprint density at radius 2 is 1.87 bits per heavy atom. The van der Waals surface area contributed by atoms with Crippen molar-refractivity contribution in [2.24, 2.45) is 0 Å². The lowest BCUT2D eigenvalue weighted by atomic mass is 10.0. The number of phenols is 1. The summed E-state index contributed by atoms with van der Waals surface area (Å²) in [7, 11) is 1.63. The third-order valence-electron chi connectivity index (χ3n) is 3.79. The van der Waals surface area contributed by atoms with Crippen molar-refractivity contribution in [1.82, 2.24) is 0 Å². The molecule has 0 aliphatic carbocycles. The molecule has 0 bridgehead atoms. The molecule has 0 amide bonds. The van der Waals surface area contributed by atoms with E-state index in [9.17, 15) is 5.11 Å². The van der Waals surface area contributed by atoms with Crippen LogP contribution in [0.1, 0.15) is 36.1 Å². The molecular formula is C21H24O2. The van der Waals surface area contributed by atoms with Crippen molar-refractivity contribution in [3.8, 4) is 11.5 Å². The van der Waals surface area contributed by atoms with Crippen LogP contribution >= 0.6 is 0 Å². The second-order valence-electron chi connectivity index (χ2n) is 5.90. The summed E-state index contributed by atoms with van der Waals surface area (Å²) < 4.78 is 5.45. The van der Waals surface area contributed by atoms with E-state index < -0.39 is 0 Å². The number of aromatic hydroxyl groups is 1. The SMILES string of the molecule is COc1cc(C=Cc2ccccc2C)cc(O)c1CC=C(C)C. The molecule has 2 rings (SSSR count). The van der Waals surface area contributed by atoms with Gasteiger partial charge in [-0.25, -0.2) is 0 Å². The number of phenolic OH excluding ortho intramolecular Hbond substituents is 1. The van der Waals surface area contributed by atoms with Crippen molar-refractivity contribution in [3.05, 3.63) is 70.3 Å². The van der Waals surface area contributed by atoms with Gasteiger partial charge in [0.2, 0.25) is 0 Å². The fourth-order valence-corrected chi connectivity index (χ4v) is 2.40.